The predicted octanol–water partition coefficient (Wildman–Crippen LogP) is -0.168. The van der Waals surface area contributed by atoms with Gasteiger partial charge in [-0.1, -0.05) is 0 Å². The topological polar surface area (TPSA) is 3.24 Å². The first-order valence-corrected chi connectivity index (χ1v) is 8.87. The Labute approximate surface area is 59.3 Å². The molecule has 1 fully saturated rings. The molecule has 0 amide bonds. The Morgan fingerprint density at radius 1 is 1.50 bits per heavy atom. The van der Waals surface area contributed by atoms with Gasteiger partial charge in [0.2, 0.25) is 0 Å². The van der Waals surface area contributed by atoms with Crippen LogP contribution in [0.15, 0.2) is 0 Å². The summed E-state index contributed by atoms with van der Waals surface area (Å²) in [6.45, 7) is 4.74. The van der Waals surface area contributed by atoms with E-state index in [4.69, 9.17) is 0 Å². The average Bonchev–Trinajstić information content (AvgIpc) is 1.98. The Hall–Kier alpha value is 0.696. The van der Waals surface area contributed by atoms with E-state index in [-0.39, 0.29) is 8.29 Å². The predicted molar refractivity (Wildman–Crippen MR) is 40.9 cm³/mol. The molecule has 1 rings (SSSR count). The summed E-state index contributed by atoms with van der Waals surface area (Å²) in [5.74, 6) is 0. The van der Waals surface area contributed by atoms with Crippen molar-refractivity contribution in [3.8, 4) is 0 Å². The third kappa shape index (κ3) is 1.16. The molecule has 0 aromatic rings. The van der Waals surface area contributed by atoms with Gasteiger partial charge < -0.3 is 0 Å². The summed E-state index contributed by atoms with van der Waals surface area (Å²) in [6.07, 6.45) is 0. The number of hydrogen-bond donors (Lipinski definition) is 0. The van der Waals surface area contributed by atoms with Gasteiger partial charge in [0.1, 0.15) is 0 Å². The van der Waals surface area contributed by atoms with Crippen molar-refractivity contribution < 1.29 is 0 Å². The van der Waals surface area contributed by atoms with Gasteiger partial charge in [-0.2, -0.15) is 0 Å². The second-order valence-electron chi connectivity index (χ2n) is 2.50. The van der Waals surface area contributed by atoms with E-state index in [1.807, 2.05) is 0 Å². The quantitative estimate of drug-likeness (QED) is 0.484. The first-order valence-electron chi connectivity index (χ1n) is 3.03. The summed E-state index contributed by atoms with van der Waals surface area (Å²) in [6, 6.07) is 0.904. The van der Waals surface area contributed by atoms with Crippen LogP contribution >= 0.6 is 0 Å². The van der Waals surface area contributed by atoms with E-state index in [0.717, 1.165) is 25.2 Å². The maximum atomic E-state index is 2.59. The summed E-state index contributed by atoms with van der Waals surface area (Å²) < 4.78 is 2.59. The molecule has 1 heterocycles. The van der Waals surface area contributed by atoms with Crippen molar-refractivity contribution in [2.24, 2.45) is 0 Å². The van der Waals surface area contributed by atoms with Crippen LogP contribution in [0.2, 0.25) is 4.82 Å². The Kier molecular flexibility index (Phi) is 2.15. The maximum absolute atomic E-state index is 2.59. The van der Waals surface area contributed by atoms with Gasteiger partial charge in [0.15, 0.2) is 0 Å². The summed E-state index contributed by atoms with van der Waals surface area (Å²) in [5.41, 5.74) is 0. The molecule has 1 nitrogen and oxygen atoms in total. The molecule has 3 heteroatoms. The van der Waals surface area contributed by atoms with Crippen molar-refractivity contribution in [2.75, 3.05) is 7.05 Å². The summed E-state index contributed by atoms with van der Waals surface area (Å²) >= 11 is 1.04. The van der Waals surface area contributed by atoms with E-state index in [9.17, 15) is 0 Å². The van der Waals surface area contributed by atoms with E-state index < -0.39 is 0 Å². The molecular weight excluding hydrogens is 181 g/mol. The van der Waals surface area contributed by atoms with Crippen LogP contribution in [0.3, 0.4) is 0 Å². The van der Waals surface area contributed by atoms with Crippen molar-refractivity contribution in [1.29, 1.82) is 0 Å². The fourth-order valence-corrected chi connectivity index (χ4v) is 9.12. The van der Waals surface area contributed by atoms with Crippen LogP contribution in [0.5, 0.6) is 0 Å². The van der Waals surface area contributed by atoms with Gasteiger partial charge in [0.05, 0.1) is 0 Å². The molecule has 0 saturated carbocycles. The molecule has 8 heavy (non-hydrogen) atoms. The summed E-state index contributed by atoms with van der Waals surface area (Å²) in [7, 11) is 2.55. The van der Waals surface area contributed by atoms with E-state index >= 15 is 0 Å². The van der Waals surface area contributed by atoms with Crippen molar-refractivity contribution in [2.45, 2.75) is 24.7 Å². The minimum absolute atomic E-state index is 0.269. The van der Waals surface area contributed by atoms with Crippen LogP contribution < -0.4 is 0 Å². The number of nitrogens with zero attached hydrogens (tertiary/aromatic N) is 1. The average molecular weight is 194 g/mol. The van der Waals surface area contributed by atoms with E-state index in [1.54, 1.807) is 0 Å². The molecule has 0 radical (unpaired) electrons. The first-order chi connectivity index (χ1) is 3.72. The molecule has 48 valence electrons. The Balaban J connectivity index is 2.44. The second kappa shape index (κ2) is 2.52. The van der Waals surface area contributed by atoms with Crippen LogP contribution in [-0.4, -0.2) is 40.3 Å². The SMILES string of the molecule is CC1[Se][SiH2]N(C)C1C. The third-order valence-electron chi connectivity index (χ3n) is 1.92. The second-order valence-corrected chi connectivity index (χ2v) is 9.37. The van der Waals surface area contributed by atoms with Gasteiger partial charge in [0, 0.05) is 0 Å². The fraction of sp³-hybridized carbons (Fsp3) is 1.00. The van der Waals surface area contributed by atoms with Gasteiger partial charge in [-0.25, -0.2) is 0 Å². The van der Waals surface area contributed by atoms with Crippen LogP contribution in [0.4, 0.5) is 0 Å². The normalized spacial score (nSPS) is 43.9. The standard InChI is InChI=1S/C5H13NSeSi/c1-4-5(2)7-8-6(4)3/h4-5H,8H2,1-3H3. The number of rotatable bonds is 0. The van der Waals surface area contributed by atoms with Crippen molar-refractivity contribution in [3.05, 3.63) is 0 Å². The van der Waals surface area contributed by atoms with Crippen LogP contribution in [-0.2, 0) is 0 Å². The molecule has 1 aliphatic rings. The monoisotopic (exact) mass is 195 g/mol. The molecule has 0 bridgehead atoms. The van der Waals surface area contributed by atoms with E-state index in [2.05, 4.69) is 25.5 Å². The molecule has 0 aromatic carbocycles. The molecule has 0 spiro atoms. The molecule has 2 atom stereocenters. The Bertz CT molecular complexity index is 78.5. The molecule has 1 aliphatic heterocycles. The van der Waals surface area contributed by atoms with Gasteiger partial charge in [-0.3, -0.25) is 0 Å². The Morgan fingerprint density at radius 3 is 2.25 bits per heavy atom. The molecule has 1 saturated heterocycles. The van der Waals surface area contributed by atoms with E-state index in [1.165, 1.54) is 0 Å². The van der Waals surface area contributed by atoms with Crippen LogP contribution in [0.25, 0.3) is 0 Å². The van der Waals surface area contributed by atoms with Gasteiger partial charge >= 0.3 is 58.9 Å². The van der Waals surface area contributed by atoms with Crippen LogP contribution in [0.1, 0.15) is 13.8 Å². The van der Waals surface area contributed by atoms with Crippen LogP contribution in [0, 0.1) is 0 Å². The summed E-state index contributed by atoms with van der Waals surface area (Å²) in [4.78, 5) is 1.04. The zero-order chi connectivity index (χ0) is 6.15. The van der Waals surface area contributed by atoms with Crippen molar-refractivity contribution in [1.82, 2.24) is 4.57 Å². The molecule has 2 unspecified atom stereocenters. The first kappa shape index (κ1) is 6.81. The van der Waals surface area contributed by atoms with Gasteiger partial charge in [-0.05, 0) is 0 Å². The molecule has 0 aliphatic carbocycles. The fourth-order valence-electron chi connectivity index (χ4n) is 0.850. The molecule has 0 aromatic heterocycles. The van der Waals surface area contributed by atoms with Gasteiger partial charge in [-0.15, -0.1) is 0 Å². The zero-order valence-electron chi connectivity index (χ0n) is 5.72. The molecular formula is C5H13NSeSi. The van der Waals surface area contributed by atoms with Gasteiger partial charge in [0.25, 0.3) is 0 Å². The minimum atomic E-state index is 0.269. The zero-order valence-corrected chi connectivity index (χ0v) is 8.84. The molecule has 0 N–H and O–H groups in total. The van der Waals surface area contributed by atoms with E-state index in [0.29, 0.717) is 0 Å². The Morgan fingerprint density at radius 2 is 2.12 bits per heavy atom. The summed E-state index contributed by atoms with van der Waals surface area (Å²) in [5, 5.41) is 0. The van der Waals surface area contributed by atoms with Crippen molar-refractivity contribution in [3.63, 3.8) is 0 Å². The number of hydrogen-bond acceptors (Lipinski definition) is 1. The van der Waals surface area contributed by atoms with Crippen molar-refractivity contribution >= 4 is 22.6 Å². The third-order valence-corrected chi connectivity index (χ3v) is 11.2.